The number of para-hydroxylation sites is 1. The number of rotatable bonds is 3. The van der Waals surface area contributed by atoms with E-state index < -0.39 is 8.07 Å². The van der Waals surface area contributed by atoms with E-state index in [-0.39, 0.29) is 12.1 Å². The Labute approximate surface area is 203 Å². The van der Waals surface area contributed by atoms with Crippen molar-refractivity contribution in [3.05, 3.63) is 94.7 Å². The lowest BCUT2D eigenvalue weighted by Crippen LogP contribution is -2.48. The Morgan fingerprint density at radius 1 is 0.971 bits per heavy atom. The number of hydrogen-bond acceptors (Lipinski definition) is 1. The number of amides is 2. The summed E-state index contributed by atoms with van der Waals surface area (Å²) >= 11 is 0. The van der Waals surface area contributed by atoms with E-state index >= 15 is 0 Å². The first-order valence-electron chi connectivity index (χ1n) is 12.1. The molecule has 1 unspecified atom stereocenters. The molecular formula is C29H33N3OSi. The van der Waals surface area contributed by atoms with Gasteiger partial charge in [0.15, 0.2) is 0 Å². The van der Waals surface area contributed by atoms with E-state index in [4.69, 9.17) is 0 Å². The zero-order valence-electron chi connectivity index (χ0n) is 20.7. The van der Waals surface area contributed by atoms with E-state index in [1.54, 1.807) is 0 Å². The number of aromatic nitrogens is 1. The number of benzene rings is 3. The van der Waals surface area contributed by atoms with Crippen LogP contribution in [0, 0.1) is 13.8 Å². The Morgan fingerprint density at radius 3 is 2.38 bits per heavy atom. The van der Waals surface area contributed by atoms with E-state index in [2.05, 4.69) is 98.4 Å². The summed E-state index contributed by atoms with van der Waals surface area (Å²) in [7, 11) is -1.65. The number of aromatic amines is 1. The van der Waals surface area contributed by atoms with Crippen LogP contribution in [0.3, 0.4) is 0 Å². The first kappa shape index (κ1) is 22.5. The predicted octanol–water partition coefficient (Wildman–Crippen LogP) is 6.51. The van der Waals surface area contributed by atoms with Crippen LogP contribution in [0.2, 0.25) is 19.6 Å². The molecule has 0 spiro atoms. The molecule has 1 aliphatic rings. The lowest BCUT2D eigenvalue weighted by Gasteiger charge is -2.38. The molecule has 0 saturated heterocycles. The molecule has 5 rings (SSSR count). The second-order valence-electron chi connectivity index (χ2n) is 10.6. The lowest BCUT2D eigenvalue weighted by atomic mass is 9.92. The Morgan fingerprint density at radius 2 is 1.65 bits per heavy atom. The van der Waals surface area contributed by atoms with Crippen LogP contribution in [0.4, 0.5) is 10.5 Å². The van der Waals surface area contributed by atoms with Crippen LogP contribution in [0.15, 0.2) is 66.7 Å². The predicted molar refractivity (Wildman–Crippen MR) is 145 cm³/mol. The first-order chi connectivity index (χ1) is 16.2. The van der Waals surface area contributed by atoms with Crippen molar-refractivity contribution in [2.45, 2.75) is 46.0 Å². The van der Waals surface area contributed by atoms with Gasteiger partial charge in [-0.05, 0) is 60.7 Å². The van der Waals surface area contributed by atoms with Gasteiger partial charge >= 0.3 is 6.03 Å². The van der Waals surface area contributed by atoms with Gasteiger partial charge in [-0.1, -0.05) is 73.4 Å². The minimum absolute atomic E-state index is 0.0512. The molecule has 1 aliphatic heterocycles. The second kappa shape index (κ2) is 8.48. The van der Waals surface area contributed by atoms with Crippen LogP contribution in [0.5, 0.6) is 0 Å². The third kappa shape index (κ3) is 4.05. The molecule has 0 bridgehead atoms. The number of anilines is 1. The first-order valence-corrected chi connectivity index (χ1v) is 15.6. The Hall–Kier alpha value is -3.31. The highest BCUT2D eigenvalue weighted by Crippen LogP contribution is 2.38. The second-order valence-corrected chi connectivity index (χ2v) is 15.6. The molecule has 0 saturated carbocycles. The van der Waals surface area contributed by atoms with E-state index in [0.717, 1.165) is 34.4 Å². The number of nitrogens with zero attached hydrogens (tertiary/aromatic N) is 1. The number of nitrogens with one attached hydrogen (secondary N) is 2. The van der Waals surface area contributed by atoms with Gasteiger partial charge in [-0.25, -0.2) is 4.79 Å². The van der Waals surface area contributed by atoms with Crippen molar-refractivity contribution in [3.63, 3.8) is 0 Å². The van der Waals surface area contributed by atoms with Crippen molar-refractivity contribution in [1.82, 2.24) is 9.88 Å². The quantitative estimate of drug-likeness (QED) is 0.332. The van der Waals surface area contributed by atoms with Crippen LogP contribution < -0.4 is 10.5 Å². The van der Waals surface area contributed by atoms with Crippen molar-refractivity contribution in [3.8, 4) is 0 Å². The summed E-state index contributed by atoms with van der Waals surface area (Å²) < 4.78 is 0. The van der Waals surface area contributed by atoms with Crippen LogP contribution in [0.1, 0.15) is 34.0 Å². The number of hydrogen-bond donors (Lipinski definition) is 2. The maximum absolute atomic E-state index is 13.8. The van der Waals surface area contributed by atoms with Gasteiger partial charge in [0, 0.05) is 28.8 Å². The van der Waals surface area contributed by atoms with Crippen molar-refractivity contribution in [2.75, 3.05) is 11.9 Å². The normalized spacial score (nSPS) is 15.9. The molecule has 1 atom stereocenters. The van der Waals surface area contributed by atoms with Crippen molar-refractivity contribution in [2.24, 2.45) is 0 Å². The number of aryl methyl sites for hydroxylation is 2. The minimum Gasteiger partial charge on any atom is -0.356 e. The maximum Gasteiger partial charge on any atom is 0.322 e. The van der Waals surface area contributed by atoms with E-state index in [1.165, 1.54) is 21.7 Å². The molecule has 2 heterocycles. The van der Waals surface area contributed by atoms with Crippen LogP contribution in [-0.2, 0) is 6.42 Å². The molecule has 34 heavy (non-hydrogen) atoms. The molecule has 5 heteroatoms. The largest absolute Gasteiger partial charge is 0.356 e. The molecule has 0 fully saturated rings. The van der Waals surface area contributed by atoms with Gasteiger partial charge in [-0.3, -0.25) is 0 Å². The van der Waals surface area contributed by atoms with Crippen LogP contribution in [0.25, 0.3) is 10.9 Å². The Kier molecular flexibility index (Phi) is 5.60. The monoisotopic (exact) mass is 467 g/mol. The summed E-state index contributed by atoms with van der Waals surface area (Å²) in [4.78, 5) is 19.5. The summed E-state index contributed by atoms with van der Waals surface area (Å²) in [5.41, 5.74) is 8.00. The van der Waals surface area contributed by atoms with Gasteiger partial charge in [0.05, 0.1) is 14.1 Å². The SMILES string of the molecule is Cc1cc(C)cc(NC(=O)N2CCc3c([nH]c4ccccc34)C2c2ccccc2[Si](C)(C)C)c1. The van der Waals surface area contributed by atoms with E-state index in [9.17, 15) is 4.79 Å². The molecule has 2 N–H and O–H groups in total. The Balaban J connectivity index is 1.64. The Bertz CT molecular complexity index is 1360. The summed E-state index contributed by atoms with van der Waals surface area (Å²) in [6.07, 6.45) is 0.839. The van der Waals surface area contributed by atoms with Crippen molar-refractivity contribution in [1.29, 1.82) is 0 Å². The third-order valence-electron chi connectivity index (χ3n) is 6.83. The molecular weight excluding hydrogens is 434 g/mol. The number of carbonyl (C=O) groups excluding carboxylic acids is 1. The average Bonchev–Trinajstić information content (AvgIpc) is 3.16. The van der Waals surface area contributed by atoms with Crippen molar-refractivity contribution >= 4 is 35.9 Å². The van der Waals surface area contributed by atoms with Gasteiger partial charge in [-0.15, -0.1) is 0 Å². The molecule has 4 aromatic rings. The van der Waals surface area contributed by atoms with Gasteiger partial charge < -0.3 is 15.2 Å². The third-order valence-corrected chi connectivity index (χ3v) is 8.90. The fraction of sp³-hybridized carbons (Fsp3) is 0.276. The van der Waals surface area contributed by atoms with Gasteiger partial charge in [0.2, 0.25) is 0 Å². The molecule has 0 aliphatic carbocycles. The maximum atomic E-state index is 13.8. The summed E-state index contributed by atoms with van der Waals surface area (Å²) in [5.74, 6) is 0. The number of urea groups is 1. The molecule has 3 aromatic carbocycles. The fourth-order valence-electron chi connectivity index (χ4n) is 5.44. The van der Waals surface area contributed by atoms with Gasteiger partial charge in [0.1, 0.15) is 0 Å². The summed E-state index contributed by atoms with van der Waals surface area (Å²) in [6.45, 7) is 11.9. The highest BCUT2D eigenvalue weighted by atomic mass is 28.3. The zero-order valence-corrected chi connectivity index (χ0v) is 21.7. The molecule has 174 valence electrons. The standard InChI is InChI=1S/C29H33N3OSi/c1-19-16-20(2)18-21(17-19)30-29(33)32-15-14-23-22-10-6-8-12-25(22)31-27(23)28(32)24-11-7-9-13-26(24)34(3,4)5/h6-13,16-18,28,31H,14-15H2,1-5H3,(H,30,33). The van der Waals surface area contributed by atoms with E-state index in [0.29, 0.717) is 6.54 Å². The number of fused-ring (bicyclic) bond motifs is 3. The number of H-pyrrole nitrogens is 1. The van der Waals surface area contributed by atoms with E-state index in [1.807, 2.05) is 17.0 Å². The fourth-order valence-corrected chi connectivity index (χ4v) is 7.13. The molecule has 4 nitrogen and oxygen atoms in total. The van der Waals surface area contributed by atoms with Crippen LogP contribution in [-0.4, -0.2) is 30.5 Å². The van der Waals surface area contributed by atoms with Crippen molar-refractivity contribution < 1.29 is 4.79 Å². The molecule has 2 amide bonds. The zero-order chi connectivity index (χ0) is 24.0. The number of carbonyl (C=O) groups is 1. The van der Waals surface area contributed by atoms with Crippen LogP contribution >= 0.6 is 0 Å². The minimum atomic E-state index is -1.65. The average molecular weight is 468 g/mol. The van der Waals surface area contributed by atoms with Gasteiger partial charge in [0.25, 0.3) is 0 Å². The summed E-state index contributed by atoms with van der Waals surface area (Å²) in [5, 5.41) is 5.87. The highest BCUT2D eigenvalue weighted by molar-refractivity contribution is 6.89. The summed E-state index contributed by atoms with van der Waals surface area (Å²) in [6, 6.07) is 23.2. The van der Waals surface area contributed by atoms with Gasteiger partial charge in [-0.2, -0.15) is 0 Å². The lowest BCUT2D eigenvalue weighted by molar-refractivity contribution is 0.193. The molecule has 1 aromatic heterocycles. The topological polar surface area (TPSA) is 48.1 Å². The highest BCUT2D eigenvalue weighted by Gasteiger charge is 2.37. The smallest absolute Gasteiger partial charge is 0.322 e. The molecule has 0 radical (unpaired) electrons.